The van der Waals surface area contributed by atoms with Gasteiger partial charge in [0.25, 0.3) is 5.91 Å². The smallest absolute Gasteiger partial charge is 0.266 e. The van der Waals surface area contributed by atoms with Crippen molar-refractivity contribution in [3.05, 3.63) is 92.0 Å². The molecule has 0 aliphatic rings. The Kier molecular flexibility index (Phi) is 7.93. The maximum absolute atomic E-state index is 12.5. The molecule has 3 aromatic carbocycles. The van der Waals surface area contributed by atoms with Gasteiger partial charge in [-0.3, -0.25) is 4.79 Å². The van der Waals surface area contributed by atoms with Gasteiger partial charge in [-0.1, -0.05) is 35.9 Å². The quantitative estimate of drug-likeness (QED) is 0.222. The summed E-state index contributed by atoms with van der Waals surface area (Å²) in [6, 6.07) is 21.8. The summed E-state index contributed by atoms with van der Waals surface area (Å²) < 4.78 is 11.8. The number of nitriles is 1. The molecule has 0 saturated heterocycles. The van der Waals surface area contributed by atoms with Crippen molar-refractivity contribution in [1.82, 2.24) is 0 Å². The summed E-state index contributed by atoms with van der Waals surface area (Å²) in [5, 5.41) is 12.8. The van der Waals surface area contributed by atoms with Crippen molar-refractivity contribution in [2.75, 3.05) is 12.4 Å². The lowest BCUT2D eigenvalue weighted by atomic mass is 10.1. The Balaban J connectivity index is 1.70. The summed E-state index contributed by atoms with van der Waals surface area (Å²) >= 11 is 8.32. The zero-order valence-corrected chi connectivity index (χ0v) is 19.5. The zero-order chi connectivity index (χ0) is 22.2. The third-order valence-electron chi connectivity index (χ3n) is 4.32. The van der Waals surface area contributed by atoms with Crippen LogP contribution in [0.5, 0.6) is 11.5 Å². The summed E-state index contributed by atoms with van der Waals surface area (Å²) in [4.78, 5) is 12.5. The second-order valence-electron chi connectivity index (χ2n) is 6.42. The van der Waals surface area contributed by atoms with Gasteiger partial charge in [-0.25, -0.2) is 0 Å². The molecule has 5 nitrogen and oxygen atoms in total. The Labute approximate surface area is 199 Å². The minimum Gasteiger partial charge on any atom is -0.497 e. The van der Waals surface area contributed by atoms with Gasteiger partial charge in [0.1, 0.15) is 29.7 Å². The second kappa shape index (κ2) is 10.8. The maximum atomic E-state index is 12.5. The molecule has 0 atom stereocenters. The van der Waals surface area contributed by atoms with Crippen LogP contribution in [0.4, 0.5) is 5.69 Å². The highest BCUT2D eigenvalue weighted by atomic mass is 127. The van der Waals surface area contributed by atoms with Crippen LogP contribution in [-0.2, 0) is 11.4 Å². The van der Waals surface area contributed by atoms with Crippen LogP contribution in [0.15, 0.2) is 72.3 Å². The highest BCUT2D eigenvalue weighted by Crippen LogP contribution is 2.26. The number of anilines is 1. The van der Waals surface area contributed by atoms with E-state index in [0.717, 1.165) is 14.7 Å². The molecule has 1 amide bonds. The summed E-state index contributed by atoms with van der Waals surface area (Å²) in [5.41, 5.74) is 2.18. The monoisotopic (exact) mass is 544 g/mol. The molecule has 1 N–H and O–H groups in total. The fourth-order valence-electron chi connectivity index (χ4n) is 2.68. The Morgan fingerprint density at radius 3 is 2.55 bits per heavy atom. The van der Waals surface area contributed by atoms with Crippen LogP contribution in [0.1, 0.15) is 11.1 Å². The van der Waals surface area contributed by atoms with E-state index in [1.54, 1.807) is 49.6 Å². The molecule has 0 aliphatic heterocycles. The number of nitrogens with zero attached hydrogens (tertiary/aromatic N) is 1. The number of carbonyl (C=O) groups excluding carboxylic acids is 1. The normalized spacial score (nSPS) is 10.8. The van der Waals surface area contributed by atoms with Crippen molar-refractivity contribution < 1.29 is 14.3 Å². The van der Waals surface area contributed by atoms with Gasteiger partial charge in [-0.15, -0.1) is 0 Å². The molecular weight excluding hydrogens is 527 g/mol. The number of ether oxygens (including phenoxy) is 2. The van der Waals surface area contributed by atoms with Gasteiger partial charge in [0.15, 0.2) is 0 Å². The largest absolute Gasteiger partial charge is 0.497 e. The molecule has 0 aromatic heterocycles. The molecule has 0 aliphatic carbocycles. The van der Waals surface area contributed by atoms with Crippen molar-refractivity contribution in [3.63, 3.8) is 0 Å². The number of nitrogens with one attached hydrogen (secondary N) is 1. The van der Waals surface area contributed by atoms with Gasteiger partial charge in [-0.2, -0.15) is 5.26 Å². The van der Waals surface area contributed by atoms with Gasteiger partial charge in [0.2, 0.25) is 0 Å². The first-order valence-corrected chi connectivity index (χ1v) is 10.7. The maximum Gasteiger partial charge on any atom is 0.266 e. The zero-order valence-electron chi connectivity index (χ0n) is 16.6. The van der Waals surface area contributed by atoms with E-state index in [1.165, 1.54) is 0 Å². The first kappa shape index (κ1) is 22.7. The summed E-state index contributed by atoms with van der Waals surface area (Å²) in [6.07, 6.45) is 1.54. The first-order valence-electron chi connectivity index (χ1n) is 9.23. The first-order chi connectivity index (χ1) is 15.0. The van der Waals surface area contributed by atoms with E-state index < -0.39 is 5.91 Å². The predicted molar refractivity (Wildman–Crippen MR) is 130 cm³/mol. The van der Waals surface area contributed by atoms with Gasteiger partial charge in [0, 0.05) is 16.3 Å². The van der Waals surface area contributed by atoms with Crippen molar-refractivity contribution in [1.29, 1.82) is 5.26 Å². The molecule has 3 aromatic rings. The molecule has 0 saturated carbocycles. The van der Waals surface area contributed by atoms with E-state index in [-0.39, 0.29) is 5.57 Å². The third-order valence-corrected chi connectivity index (χ3v) is 5.53. The topological polar surface area (TPSA) is 71.3 Å². The van der Waals surface area contributed by atoms with Crippen molar-refractivity contribution in [3.8, 4) is 17.6 Å². The highest BCUT2D eigenvalue weighted by Gasteiger charge is 2.11. The van der Waals surface area contributed by atoms with E-state index >= 15 is 0 Å². The van der Waals surface area contributed by atoms with Crippen LogP contribution in [0.25, 0.3) is 6.08 Å². The van der Waals surface area contributed by atoms with Gasteiger partial charge in [0.05, 0.1) is 10.7 Å². The molecular formula is C24H18ClIN2O3. The van der Waals surface area contributed by atoms with E-state index in [0.29, 0.717) is 28.8 Å². The lowest BCUT2D eigenvalue weighted by Crippen LogP contribution is -2.13. The van der Waals surface area contributed by atoms with Gasteiger partial charge < -0.3 is 14.8 Å². The fraction of sp³-hybridized carbons (Fsp3) is 0.0833. The average Bonchev–Trinajstić information content (AvgIpc) is 2.78. The Hall–Kier alpha value is -3.02. The Morgan fingerprint density at radius 1 is 1.16 bits per heavy atom. The minimum absolute atomic E-state index is 0.00338. The summed E-state index contributed by atoms with van der Waals surface area (Å²) in [5.74, 6) is 0.890. The van der Waals surface area contributed by atoms with Crippen molar-refractivity contribution >= 4 is 51.9 Å². The number of rotatable bonds is 7. The minimum atomic E-state index is -0.485. The summed E-state index contributed by atoms with van der Waals surface area (Å²) in [6.45, 7) is 0.346. The SMILES string of the molecule is COc1ccc(NC(=O)/C(C#N)=C\c2ccc(OCc3ccccc3Cl)c(I)c2)cc1. The molecule has 0 spiro atoms. The number of hydrogen-bond acceptors (Lipinski definition) is 4. The Bertz CT molecular complexity index is 1150. The van der Waals surface area contributed by atoms with E-state index in [2.05, 4.69) is 27.9 Å². The summed E-state index contributed by atoms with van der Waals surface area (Å²) in [7, 11) is 1.57. The standard InChI is InChI=1S/C24H18ClIN2O3/c1-30-20-9-7-19(8-10-20)28-24(29)18(14-27)12-16-6-11-23(22(26)13-16)31-15-17-4-2-3-5-21(17)25/h2-13H,15H2,1H3,(H,28,29)/b18-12-. The number of methoxy groups -OCH3 is 1. The second-order valence-corrected chi connectivity index (χ2v) is 7.99. The number of benzene rings is 3. The number of halogens is 2. The van der Waals surface area contributed by atoms with Crippen molar-refractivity contribution in [2.45, 2.75) is 6.61 Å². The van der Waals surface area contributed by atoms with Crippen LogP contribution >= 0.6 is 34.2 Å². The lowest BCUT2D eigenvalue weighted by molar-refractivity contribution is -0.112. The molecule has 31 heavy (non-hydrogen) atoms. The molecule has 0 heterocycles. The molecule has 0 fully saturated rings. The molecule has 0 bridgehead atoms. The third kappa shape index (κ3) is 6.23. The van der Waals surface area contributed by atoms with Crippen LogP contribution in [-0.4, -0.2) is 13.0 Å². The van der Waals surface area contributed by atoms with E-state index in [4.69, 9.17) is 21.1 Å². The fourth-order valence-corrected chi connectivity index (χ4v) is 3.57. The Morgan fingerprint density at radius 2 is 1.90 bits per heavy atom. The lowest BCUT2D eigenvalue weighted by Gasteiger charge is -2.10. The molecule has 3 rings (SSSR count). The number of hydrogen-bond donors (Lipinski definition) is 1. The predicted octanol–water partition coefficient (Wildman–Crippen LogP) is 6.08. The van der Waals surface area contributed by atoms with E-state index in [1.807, 2.05) is 36.4 Å². The van der Waals surface area contributed by atoms with Crippen LogP contribution in [0.2, 0.25) is 5.02 Å². The van der Waals surface area contributed by atoms with Crippen LogP contribution in [0.3, 0.4) is 0 Å². The van der Waals surface area contributed by atoms with Crippen molar-refractivity contribution in [2.24, 2.45) is 0 Å². The number of carbonyl (C=O) groups is 1. The molecule has 0 radical (unpaired) electrons. The van der Waals surface area contributed by atoms with Gasteiger partial charge in [-0.05, 0) is 76.7 Å². The highest BCUT2D eigenvalue weighted by molar-refractivity contribution is 14.1. The molecule has 7 heteroatoms. The van der Waals surface area contributed by atoms with Gasteiger partial charge >= 0.3 is 0 Å². The van der Waals surface area contributed by atoms with Crippen LogP contribution in [0, 0.1) is 14.9 Å². The number of amides is 1. The van der Waals surface area contributed by atoms with E-state index in [9.17, 15) is 10.1 Å². The average molecular weight is 545 g/mol. The molecule has 156 valence electrons. The molecule has 0 unspecified atom stereocenters. The van der Waals surface area contributed by atoms with Crippen LogP contribution < -0.4 is 14.8 Å².